The van der Waals surface area contributed by atoms with Crippen molar-refractivity contribution in [2.45, 2.75) is 30.7 Å². The molecule has 1 amide bonds. The number of nitrogens with two attached hydrogens (primary N) is 1. The average Bonchev–Trinajstić information content (AvgIpc) is 2.47. The van der Waals surface area contributed by atoms with Gasteiger partial charge >= 0.3 is 0 Å². The van der Waals surface area contributed by atoms with Crippen LogP contribution in [-0.2, 0) is 10.0 Å². The molecule has 1 aliphatic rings. The summed E-state index contributed by atoms with van der Waals surface area (Å²) in [6.45, 7) is 2.72. The number of carbonyl (C=O) groups is 1. The second-order valence-electron chi connectivity index (χ2n) is 5.20. The maximum atomic E-state index is 12.4. The van der Waals surface area contributed by atoms with Crippen LogP contribution in [0.3, 0.4) is 0 Å². The summed E-state index contributed by atoms with van der Waals surface area (Å²) in [5, 5.41) is 8.73. The highest BCUT2D eigenvalue weighted by atomic mass is 32.2. The highest BCUT2D eigenvalue weighted by molar-refractivity contribution is 7.89. The van der Waals surface area contributed by atoms with E-state index in [4.69, 9.17) is 10.9 Å². The van der Waals surface area contributed by atoms with Gasteiger partial charge in [0.05, 0.1) is 4.90 Å². The molecule has 0 spiro atoms. The predicted octanol–water partition coefficient (Wildman–Crippen LogP) is 0.226. The first-order chi connectivity index (χ1) is 9.85. The van der Waals surface area contributed by atoms with Crippen LogP contribution in [0.4, 0.5) is 0 Å². The van der Waals surface area contributed by atoms with Crippen molar-refractivity contribution < 1.29 is 18.4 Å². The lowest BCUT2D eigenvalue weighted by Gasteiger charge is -2.30. The summed E-state index contributed by atoms with van der Waals surface area (Å²) in [4.78, 5) is 15.2. The molecule has 1 aliphatic heterocycles. The van der Waals surface area contributed by atoms with Crippen LogP contribution in [0, 0.1) is 6.92 Å². The van der Waals surface area contributed by atoms with Gasteiger partial charge < -0.3 is 15.8 Å². The second kappa shape index (κ2) is 6.10. The highest BCUT2D eigenvalue weighted by Gasteiger charge is 2.24. The number of nitrogens with zero attached hydrogens (tertiary/aromatic N) is 1. The third-order valence-corrected chi connectivity index (χ3v) is 4.93. The van der Waals surface area contributed by atoms with E-state index in [-0.39, 0.29) is 22.4 Å². The number of sulfonamides is 1. The van der Waals surface area contributed by atoms with E-state index in [1.54, 1.807) is 24.0 Å². The van der Waals surface area contributed by atoms with E-state index in [2.05, 4.69) is 0 Å². The Bertz CT molecular complexity index is 637. The van der Waals surface area contributed by atoms with E-state index in [9.17, 15) is 13.2 Å². The number of hydrogen-bond donors (Lipinski definition) is 3. The minimum atomic E-state index is -4.01. The fraction of sp³-hybridized carbons (Fsp3) is 0.462. The van der Waals surface area contributed by atoms with Crippen molar-refractivity contribution in [3.05, 3.63) is 29.3 Å². The van der Waals surface area contributed by atoms with Crippen LogP contribution in [0.15, 0.2) is 23.1 Å². The number of rotatable bonds is 3. The number of hydrogen-bond acceptors (Lipinski definition) is 5. The number of nitrogens with one attached hydrogen (secondary N) is 1. The van der Waals surface area contributed by atoms with Crippen molar-refractivity contribution >= 4 is 15.9 Å². The van der Waals surface area contributed by atoms with Gasteiger partial charge in [-0.15, -0.1) is 0 Å². The van der Waals surface area contributed by atoms with Gasteiger partial charge in [0.15, 0.2) is 0 Å². The summed E-state index contributed by atoms with van der Waals surface area (Å²) in [5.74, 6) is -0.226. The maximum absolute atomic E-state index is 12.4. The molecule has 0 unspecified atom stereocenters. The fourth-order valence-electron chi connectivity index (χ4n) is 2.36. The quantitative estimate of drug-likeness (QED) is 0.691. The molecule has 1 fully saturated rings. The summed E-state index contributed by atoms with van der Waals surface area (Å²) in [6, 6.07) is 4.53. The summed E-state index contributed by atoms with van der Waals surface area (Å²) in [6.07, 6.45) is 1.47. The van der Waals surface area contributed by atoms with Crippen molar-refractivity contribution in [2.75, 3.05) is 13.1 Å². The van der Waals surface area contributed by atoms with E-state index in [0.29, 0.717) is 18.7 Å². The van der Waals surface area contributed by atoms with E-state index >= 15 is 0 Å². The summed E-state index contributed by atoms with van der Waals surface area (Å²) in [7, 11) is -4.01. The SMILES string of the molecule is Cc1ccc(C(=O)N2CCC(N)CC2)cc1S(=O)(=O)NO. The third kappa shape index (κ3) is 3.41. The Morgan fingerprint density at radius 3 is 2.57 bits per heavy atom. The van der Waals surface area contributed by atoms with Crippen LogP contribution in [0.25, 0.3) is 0 Å². The normalized spacial score (nSPS) is 17.0. The molecule has 1 saturated heterocycles. The lowest BCUT2D eigenvalue weighted by molar-refractivity contribution is 0.0714. The topological polar surface area (TPSA) is 113 Å². The molecule has 0 atom stereocenters. The Hall–Kier alpha value is -1.48. The standard InChI is InChI=1S/C13H19N3O4S/c1-9-2-3-10(8-12(9)21(19,20)15-18)13(17)16-6-4-11(14)5-7-16/h2-3,8,11,15,18H,4-7,14H2,1H3. The molecule has 4 N–H and O–H groups in total. The highest BCUT2D eigenvalue weighted by Crippen LogP contribution is 2.19. The summed E-state index contributed by atoms with van der Waals surface area (Å²) in [5.41, 5.74) is 6.54. The van der Waals surface area contributed by atoms with Crippen LogP contribution in [0.1, 0.15) is 28.8 Å². The van der Waals surface area contributed by atoms with Crippen LogP contribution in [0.2, 0.25) is 0 Å². The van der Waals surface area contributed by atoms with Gasteiger partial charge in [0.1, 0.15) is 0 Å². The van der Waals surface area contributed by atoms with E-state index in [1.165, 1.54) is 11.0 Å². The molecule has 8 heteroatoms. The van der Waals surface area contributed by atoms with Gasteiger partial charge in [0.25, 0.3) is 15.9 Å². The van der Waals surface area contributed by atoms with E-state index in [0.717, 1.165) is 12.8 Å². The zero-order valence-electron chi connectivity index (χ0n) is 11.7. The number of benzene rings is 1. The smallest absolute Gasteiger partial charge is 0.262 e. The van der Waals surface area contributed by atoms with Gasteiger partial charge in [-0.05, 0) is 37.5 Å². The zero-order chi connectivity index (χ0) is 15.6. The second-order valence-corrected chi connectivity index (χ2v) is 6.83. The molecular formula is C13H19N3O4S. The van der Waals surface area contributed by atoms with Crippen molar-refractivity contribution in [3.8, 4) is 0 Å². The predicted molar refractivity (Wildman–Crippen MR) is 76.4 cm³/mol. The van der Waals surface area contributed by atoms with Gasteiger partial charge in [0, 0.05) is 24.7 Å². The zero-order valence-corrected chi connectivity index (χ0v) is 12.6. The number of carbonyl (C=O) groups excluding carboxylic acids is 1. The molecule has 1 aromatic carbocycles. The van der Waals surface area contributed by atoms with Crippen LogP contribution >= 0.6 is 0 Å². The van der Waals surface area contributed by atoms with Crippen molar-refractivity contribution in [1.82, 2.24) is 9.79 Å². The maximum Gasteiger partial charge on any atom is 0.262 e. The average molecular weight is 313 g/mol. The number of likely N-dealkylation sites (tertiary alicyclic amines) is 1. The van der Waals surface area contributed by atoms with E-state index < -0.39 is 10.0 Å². The Labute approximate surface area is 123 Å². The number of amides is 1. The summed E-state index contributed by atoms with van der Waals surface area (Å²) >= 11 is 0. The molecule has 116 valence electrons. The Kier molecular flexibility index (Phi) is 4.62. The van der Waals surface area contributed by atoms with Gasteiger partial charge in [-0.3, -0.25) is 4.79 Å². The largest absolute Gasteiger partial charge is 0.339 e. The monoisotopic (exact) mass is 313 g/mol. The molecule has 2 rings (SSSR count). The van der Waals surface area contributed by atoms with Gasteiger partial charge in [0.2, 0.25) is 0 Å². The molecule has 1 aromatic rings. The van der Waals surface area contributed by atoms with Crippen LogP contribution < -0.4 is 10.6 Å². The van der Waals surface area contributed by atoms with Crippen LogP contribution in [-0.4, -0.2) is 43.6 Å². The molecule has 0 bridgehead atoms. The summed E-state index contributed by atoms with van der Waals surface area (Å²) < 4.78 is 23.4. The lowest BCUT2D eigenvalue weighted by atomic mass is 10.0. The van der Waals surface area contributed by atoms with Gasteiger partial charge in [-0.1, -0.05) is 11.0 Å². The molecule has 0 aromatic heterocycles. The molecular weight excluding hydrogens is 294 g/mol. The van der Waals surface area contributed by atoms with Crippen molar-refractivity contribution in [1.29, 1.82) is 0 Å². The molecule has 7 nitrogen and oxygen atoms in total. The first kappa shape index (κ1) is 15.9. The molecule has 21 heavy (non-hydrogen) atoms. The van der Waals surface area contributed by atoms with Crippen molar-refractivity contribution in [3.63, 3.8) is 0 Å². The Morgan fingerprint density at radius 2 is 2.00 bits per heavy atom. The fourth-order valence-corrected chi connectivity index (χ4v) is 3.23. The first-order valence-corrected chi connectivity index (χ1v) is 8.15. The first-order valence-electron chi connectivity index (χ1n) is 6.66. The molecule has 0 radical (unpaired) electrons. The Morgan fingerprint density at radius 1 is 1.38 bits per heavy atom. The van der Waals surface area contributed by atoms with E-state index in [1.807, 2.05) is 0 Å². The Balaban J connectivity index is 2.29. The third-order valence-electron chi connectivity index (χ3n) is 3.67. The lowest BCUT2D eigenvalue weighted by Crippen LogP contribution is -2.42. The number of piperidine rings is 1. The minimum absolute atomic E-state index is 0.107. The van der Waals surface area contributed by atoms with Gasteiger partial charge in [-0.2, -0.15) is 0 Å². The minimum Gasteiger partial charge on any atom is -0.339 e. The van der Waals surface area contributed by atoms with Gasteiger partial charge in [-0.25, -0.2) is 8.42 Å². The van der Waals surface area contributed by atoms with Crippen LogP contribution in [0.5, 0.6) is 0 Å². The molecule has 0 saturated carbocycles. The van der Waals surface area contributed by atoms with Crippen molar-refractivity contribution in [2.24, 2.45) is 5.73 Å². The number of aryl methyl sites for hydroxylation is 1. The molecule has 0 aliphatic carbocycles. The molecule has 1 heterocycles.